The molecule has 4 heteroatoms. The van der Waals surface area contributed by atoms with E-state index in [4.69, 9.17) is 4.74 Å². The number of H-pyrrole nitrogens is 1. The Labute approximate surface area is 203 Å². The van der Waals surface area contributed by atoms with E-state index in [1.54, 1.807) is 0 Å². The SMILES string of the molecule is CNCCN1CCC(c2ccc3[nH]c(-c4ccccc4OCc4ccccc4)c(C)c3c2)CC1. The lowest BCUT2D eigenvalue weighted by Crippen LogP contribution is -2.37. The van der Waals surface area contributed by atoms with Crippen LogP contribution in [0.2, 0.25) is 0 Å². The summed E-state index contributed by atoms with van der Waals surface area (Å²) in [6, 6.07) is 25.7. The quantitative estimate of drug-likeness (QED) is 0.338. The fourth-order valence-corrected chi connectivity index (χ4v) is 5.16. The number of likely N-dealkylation sites (tertiary alicyclic amines) is 1. The standard InChI is InChI=1S/C30H35N3O/c1-22-27-20-25(24-14-17-33(18-15-24)19-16-31-2)12-13-28(27)32-30(22)26-10-6-7-11-29(26)34-21-23-8-4-3-5-9-23/h3-13,20,24,31-32H,14-19,21H2,1-2H3. The van der Waals surface area contributed by atoms with Crippen molar-refractivity contribution < 1.29 is 4.74 Å². The van der Waals surface area contributed by atoms with Crippen molar-refractivity contribution in [3.05, 3.63) is 89.5 Å². The van der Waals surface area contributed by atoms with Crippen LogP contribution in [0.5, 0.6) is 5.75 Å². The van der Waals surface area contributed by atoms with Crippen LogP contribution in [0.4, 0.5) is 0 Å². The molecule has 0 amide bonds. The Bertz CT molecular complexity index is 1220. The molecule has 1 fully saturated rings. The number of aromatic nitrogens is 1. The molecule has 0 bridgehead atoms. The zero-order chi connectivity index (χ0) is 23.3. The number of aryl methyl sites for hydroxylation is 1. The van der Waals surface area contributed by atoms with Gasteiger partial charge in [-0.05, 0) is 86.8 Å². The van der Waals surface area contributed by atoms with E-state index in [2.05, 4.69) is 82.8 Å². The van der Waals surface area contributed by atoms with Crippen molar-refractivity contribution in [2.24, 2.45) is 0 Å². The van der Waals surface area contributed by atoms with E-state index in [0.717, 1.165) is 30.1 Å². The van der Waals surface area contributed by atoms with Crippen LogP contribution in [0.3, 0.4) is 0 Å². The number of likely N-dealkylation sites (N-methyl/N-ethyl adjacent to an activating group) is 1. The number of piperidine rings is 1. The second-order valence-electron chi connectivity index (χ2n) is 9.42. The lowest BCUT2D eigenvalue weighted by molar-refractivity contribution is 0.214. The number of aromatic amines is 1. The smallest absolute Gasteiger partial charge is 0.129 e. The molecule has 1 aliphatic heterocycles. The van der Waals surface area contributed by atoms with E-state index in [1.807, 2.05) is 19.2 Å². The second kappa shape index (κ2) is 10.5. The van der Waals surface area contributed by atoms with Crippen molar-refractivity contribution >= 4 is 10.9 Å². The van der Waals surface area contributed by atoms with Gasteiger partial charge in [-0.25, -0.2) is 0 Å². The Morgan fingerprint density at radius 2 is 1.74 bits per heavy atom. The average molecular weight is 454 g/mol. The van der Waals surface area contributed by atoms with Gasteiger partial charge in [0.1, 0.15) is 12.4 Å². The summed E-state index contributed by atoms with van der Waals surface area (Å²) >= 11 is 0. The Hall–Kier alpha value is -3.08. The largest absolute Gasteiger partial charge is 0.488 e. The average Bonchev–Trinajstić information content (AvgIpc) is 3.23. The number of benzene rings is 3. The van der Waals surface area contributed by atoms with Crippen LogP contribution in [0.15, 0.2) is 72.8 Å². The molecule has 0 spiro atoms. The molecule has 176 valence electrons. The topological polar surface area (TPSA) is 40.3 Å². The number of fused-ring (bicyclic) bond motifs is 1. The normalized spacial score (nSPS) is 15.1. The molecule has 2 heterocycles. The Morgan fingerprint density at radius 1 is 0.971 bits per heavy atom. The zero-order valence-corrected chi connectivity index (χ0v) is 20.3. The molecule has 0 unspecified atom stereocenters. The fraction of sp³-hybridized carbons (Fsp3) is 0.333. The third kappa shape index (κ3) is 4.89. The monoisotopic (exact) mass is 453 g/mol. The van der Waals surface area contributed by atoms with Gasteiger partial charge in [0.25, 0.3) is 0 Å². The van der Waals surface area contributed by atoms with Gasteiger partial charge in [0.2, 0.25) is 0 Å². The van der Waals surface area contributed by atoms with Crippen LogP contribution in [-0.2, 0) is 6.61 Å². The summed E-state index contributed by atoms with van der Waals surface area (Å²) in [5, 5.41) is 4.59. The van der Waals surface area contributed by atoms with Crippen molar-refractivity contribution in [1.82, 2.24) is 15.2 Å². The predicted molar refractivity (Wildman–Crippen MR) is 142 cm³/mol. The molecule has 4 aromatic rings. The number of hydrogen-bond donors (Lipinski definition) is 2. The van der Waals surface area contributed by atoms with E-state index < -0.39 is 0 Å². The lowest BCUT2D eigenvalue weighted by Gasteiger charge is -2.32. The highest BCUT2D eigenvalue weighted by Crippen LogP contribution is 2.37. The maximum absolute atomic E-state index is 6.26. The highest BCUT2D eigenvalue weighted by Gasteiger charge is 2.21. The first-order valence-electron chi connectivity index (χ1n) is 12.5. The highest BCUT2D eigenvalue weighted by atomic mass is 16.5. The van der Waals surface area contributed by atoms with Crippen LogP contribution in [0.25, 0.3) is 22.2 Å². The molecule has 4 nitrogen and oxygen atoms in total. The summed E-state index contributed by atoms with van der Waals surface area (Å²) in [6.07, 6.45) is 2.48. The molecule has 0 aliphatic carbocycles. The highest BCUT2D eigenvalue weighted by molar-refractivity contribution is 5.92. The maximum Gasteiger partial charge on any atom is 0.129 e. The molecule has 34 heavy (non-hydrogen) atoms. The summed E-state index contributed by atoms with van der Waals surface area (Å²) in [6.45, 7) is 7.38. The Kier molecular flexibility index (Phi) is 6.98. The molecule has 0 atom stereocenters. The van der Waals surface area contributed by atoms with Crippen molar-refractivity contribution in [3.63, 3.8) is 0 Å². The molecule has 2 N–H and O–H groups in total. The van der Waals surface area contributed by atoms with Crippen LogP contribution < -0.4 is 10.1 Å². The molecular weight excluding hydrogens is 418 g/mol. The van der Waals surface area contributed by atoms with Crippen molar-refractivity contribution in [3.8, 4) is 17.0 Å². The van der Waals surface area contributed by atoms with E-state index in [0.29, 0.717) is 12.5 Å². The van der Waals surface area contributed by atoms with Crippen molar-refractivity contribution in [2.45, 2.75) is 32.3 Å². The number of rotatable bonds is 8. The van der Waals surface area contributed by atoms with Gasteiger partial charge in [-0.3, -0.25) is 0 Å². The minimum Gasteiger partial charge on any atom is -0.488 e. The summed E-state index contributed by atoms with van der Waals surface area (Å²) in [5.74, 6) is 1.56. The molecule has 5 rings (SSSR count). The first-order chi connectivity index (χ1) is 16.7. The maximum atomic E-state index is 6.26. The summed E-state index contributed by atoms with van der Waals surface area (Å²) in [4.78, 5) is 6.26. The summed E-state index contributed by atoms with van der Waals surface area (Å²) < 4.78 is 6.26. The number of nitrogens with one attached hydrogen (secondary N) is 2. The minimum absolute atomic E-state index is 0.564. The van der Waals surface area contributed by atoms with E-state index in [1.165, 1.54) is 53.5 Å². The molecule has 1 saturated heterocycles. The van der Waals surface area contributed by atoms with Gasteiger partial charge >= 0.3 is 0 Å². The minimum atomic E-state index is 0.564. The molecule has 1 aliphatic rings. The van der Waals surface area contributed by atoms with Crippen molar-refractivity contribution in [2.75, 3.05) is 33.2 Å². The predicted octanol–water partition coefficient (Wildman–Crippen LogP) is 6.12. The second-order valence-corrected chi connectivity index (χ2v) is 9.42. The van der Waals surface area contributed by atoms with E-state index in [-0.39, 0.29) is 0 Å². The number of para-hydroxylation sites is 1. The third-order valence-electron chi connectivity index (χ3n) is 7.21. The third-order valence-corrected chi connectivity index (χ3v) is 7.21. The molecule has 3 aromatic carbocycles. The molecular formula is C30H35N3O. The summed E-state index contributed by atoms with van der Waals surface area (Å²) in [5.41, 5.74) is 7.40. The first kappa shape index (κ1) is 22.7. The van der Waals surface area contributed by atoms with Crippen LogP contribution in [0.1, 0.15) is 35.4 Å². The zero-order valence-electron chi connectivity index (χ0n) is 20.3. The lowest BCUT2D eigenvalue weighted by atomic mass is 9.88. The number of hydrogen-bond acceptors (Lipinski definition) is 3. The molecule has 0 radical (unpaired) electrons. The molecule has 1 aromatic heterocycles. The van der Waals surface area contributed by atoms with Crippen molar-refractivity contribution in [1.29, 1.82) is 0 Å². The van der Waals surface area contributed by atoms with Crippen LogP contribution >= 0.6 is 0 Å². The van der Waals surface area contributed by atoms with Crippen LogP contribution in [0, 0.1) is 6.92 Å². The fourth-order valence-electron chi connectivity index (χ4n) is 5.16. The first-order valence-corrected chi connectivity index (χ1v) is 12.5. The Balaban J connectivity index is 1.37. The summed E-state index contributed by atoms with van der Waals surface area (Å²) in [7, 11) is 2.03. The van der Waals surface area contributed by atoms with E-state index in [9.17, 15) is 0 Å². The molecule has 0 saturated carbocycles. The van der Waals surface area contributed by atoms with Gasteiger partial charge in [-0.2, -0.15) is 0 Å². The van der Waals surface area contributed by atoms with Gasteiger partial charge < -0.3 is 19.9 Å². The van der Waals surface area contributed by atoms with Gasteiger partial charge in [-0.15, -0.1) is 0 Å². The number of nitrogens with zero attached hydrogens (tertiary/aromatic N) is 1. The van der Waals surface area contributed by atoms with Crippen LogP contribution in [-0.4, -0.2) is 43.1 Å². The Morgan fingerprint density at radius 3 is 2.53 bits per heavy atom. The van der Waals surface area contributed by atoms with Gasteiger partial charge in [-0.1, -0.05) is 48.5 Å². The number of ether oxygens (including phenoxy) is 1. The van der Waals surface area contributed by atoms with Gasteiger partial charge in [0, 0.05) is 29.6 Å². The van der Waals surface area contributed by atoms with E-state index >= 15 is 0 Å². The van der Waals surface area contributed by atoms with Gasteiger partial charge in [0.15, 0.2) is 0 Å². The van der Waals surface area contributed by atoms with Gasteiger partial charge in [0.05, 0.1) is 5.69 Å².